The summed E-state index contributed by atoms with van der Waals surface area (Å²) < 4.78 is 14.8. The highest BCUT2D eigenvalue weighted by Crippen LogP contribution is 2.48. The molecule has 0 amide bonds. The maximum atomic E-state index is 14.8. The Labute approximate surface area is 175 Å². The number of nitrogens with zero attached hydrogens (tertiary/aromatic N) is 3. The fourth-order valence-corrected chi connectivity index (χ4v) is 4.55. The molecule has 0 spiro atoms. The van der Waals surface area contributed by atoms with E-state index in [1.165, 1.54) is 6.07 Å². The Bertz CT molecular complexity index is 1100. The number of hydrogen-bond donors (Lipinski definition) is 1. The van der Waals surface area contributed by atoms with E-state index in [4.69, 9.17) is 5.73 Å². The van der Waals surface area contributed by atoms with E-state index in [0.717, 1.165) is 11.3 Å². The summed E-state index contributed by atoms with van der Waals surface area (Å²) in [5.74, 6) is -1.10. The number of ketones is 1. The van der Waals surface area contributed by atoms with Gasteiger partial charge in [-0.25, -0.2) is 9.40 Å². The van der Waals surface area contributed by atoms with E-state index >= 15 is 0 Å². The van der Waals surface area contributed by atoms with Crippen molar-refractivity contribution in [2.45, 2.75) is 24.7 Å². The Morgan fingerprint density at radius 3 is 2.40 bits per heavy atom. The van der Waals surface area contributed by atoms with Crippen molar-refractivity contribution in [1.29, 1.82) is 5.26 Å². The lowest BCUT2D eigenvalue weighted by atomic mass is 9.72. The van der Waals surface area contributed by atoms with Gasteiger partial charge in [-0.2, -0.15) is 5.26 Å². The number of hydrogen-bond acceptors (Lipinski definition) is 5. The molecule has 152 valence electrons. The summed E-state index contributed by atoms with van der Waals surface area (Å²) in [6.07, 6.45) is 0.890. The Morgan fingerprint density at radius 1 is 1.10 bits per heavy atom. The van der Waals surface area contributed by atoms with Gasteiger partial charge in [-0.3, -0.25) is 9.80 Å². The Hall–Kier alpha value is -3.43. The van der Waals surface area contributed by atoms with Crippen LogP contribution in [-0.4, -0.2) is 29.9 Å². The first-order valence-electron chi connectivity index (χ1n) is 9.86. The standard InChI is InChI=1S/C24H23FN4O/c1-28(2)29-20-12-16(15-8-4-3-5-9-15)13-21(30)23(20)22(18(14-26)24(29)27)17-10-6-7-11-19(17)25/h3-11,16,22H,12-13,27H2,1-2H3. The van der Waals surface area contributed by atoms with Gasteiger partial charge in [0, 0.05) is 37.3 Å². The van der Waals surface area contributed by atoms with Gasteiger partial charge in [0.1, 0.15) is 11.6 Å². The van der Waals surface area contributed by atoms with E-state index in [0.29, 0.717) is 24.0 Å². The van der Waals surface area contributed by atoms with Gasteiger partial charge in [-0.15, -0.1) is 0 Å². The van der Waals surface area contributed by atoms with E-state index in [1.807, 2.05) is 44.4 Å². The number of nitriles is 1. The smallest absolute Gasteiger partial charge is 0.162 e. The van der Waals surface area contributed by atoms with Crippen LogP contribution in [0.2, 0.25) is 0 Å². The second kappa shape index (κ2) is 7.77. The molecule has 0 bridgehead atoms. The lowest BCUT2D eigenvalue weighted by Gasteiger charge is -2.43. The van der Waals surface area contributed by atoms with Crippen molar-refractivity contribution in [2.75, 3.05) is 14.1 Å². The predicted octanol–water partition coefficient (Wildman–Crippen LogP) is 3.80. The summed E-state index contributed by atoms with van der Waals surface area (Å²) in [6, 6.07) is 18.3. The van der Waals surface area contributed by atoms with Crippen molar-refractivity contribution >= 4 is 5.78 Å². The van der Waals surface area contributed by atoms with Gasteiger partial charge in [-0.1, -0.05) is 48.5 Å². The fraction of sp³-hybridized carbons (Fsp3) is 0.250. The predicted molar refractivity (Wildman–Crippen MR) is 112 cm³/mol. The number of benzene rings is 2. The average Bonchev–Trinajstić information content (AvgIpc) is 2.73. The monoisotopic (exact) mass is 402 g/mol. The van der Waals surface area contributed by atoms with Crippen LogP contribution in [-0.2, 0) is 4.79 Å². The zero-order chi connectivity index (χ0) is 21.4. The molecule has 0 aromatic heterocycles. The zero-order valence-electron chi connectivity index (χ0n) is 17.0. The minimum atomic E-state index is -0.799. The quantitative estimate of drug-likeness (QED) is 0.846. The third kappa shape index (κ3) is 3.17. The van der Waals surface area contributed by atoms with Crippen LogP contribution in [0.1, 0.15) is 35.8 Å². The highest BCUT2D eigenvalue weighted by Gasteiger charge is 2.43. The molecule has 1 heterocycles. The first kappa shape index (κ1) is 19.9. The van der Waals surface area contributed by atoms with E-state index in [2.05, 4.69) is 6.07 Å². The van der Waals surface area contributed by atoms with E-state index in [1.54, 1.807) is 28.2 Å². The molecule has 0 saturated heterocycles. The molecule has 4 rings (SSSR count). The molecule has 0 saturated carbocycles. The number of carbonyl (C=O) groups is 1. The normalized spacial score (nSPS) is 21.7. The van der Waals surface area contributed by atoms with Gasteiger partial charge in [0.05, 0.1) is 17.6 Å². The second-order valence-corrected chi connectivity index (χ2v) is 7.82. The SMILES string of the molecule is CN(C)N1C(N)=C(C#N)C(c2ccccc2F)C2=C1CC(c1ccccc1)CC2=O. The molecular weight excluding hydrogens is 379 g/mol. The lowest BCUT2D eigenvalue weighted by Crippen LogP contribution is -2.46. The molecule has 2 atom stereocenters. The fourth-order valence-electron chi connectivity index (χ4n) is 4.55. The highest BCUT2D eigenvalue weighted by atomic mass is 19.1. The van der Waals surface area contributed by atoms with Crippen LogP contribution in [0.3, 0.4) is 0 Å². The molecule has 2 N–H and O–H groups in total. The third-order valence-electron chi connectivity index (χ3n) is 5.83. The van der Waals surface area contributed by atoms with Gasteiger partial charge in [0.25, 0.3) is 0 Å². The molecular formula is C24H23FN4O. The van der Waals surface area contributed by atoms with Crippen LogP contribution in [0.25, 0.3) is 0 Å². The van der Waals surface area contributed by atoms with Crippen LogP contribution in [0, 0.1) is 17.1 Å². The third-order valence-corrected chi connectivity index (χ3v) is 5.83. The van der Waals surface area contributed by atoms with E-state index < -0.39 is 11.7 Å². The zero-order valence-corrected chi connectivity index (χ0v) is 17.0. The van der Waals surface area contributed by atoms with Crippen LogP contribution in [0.5, 0.6) is 0 Å². The Kier molecular flexibility index (Phi) is 5.15. The highest BCUT2D eigenvalue weighted by molar-refractivity contribution is 6.00. The molecule has 2 aromatic rings. The summed E-state index contributed by atoms with van der Waals surface area (Å²) >= 11 is 0. The molecule has 2 aromatic carbocycles. The van der Waals surface area contributed by atoms with Crippen molar-refractivity contribution in [2.24, 2.45) is 5.73 Å². The Morgan fingerprint density at radius 2 is 1.77 bits per heavy atom. The maximum Gasteiger partial charge on any atom is 0.162 e. The van der Waals surface area contributed by atoms with Gasteiger partial charge in [0.15, 0.2) is 5.78 Å². The van der Waals surface area contributed by atoms with Crippen LogP contribution < -0.4 is 5.73 Å². The topological polar surface area (TPSA) is 73.4 Å². The minimum absolute atomic E-state index is 0.00222. The Balaban J connectivity index is 1.92. The lowest BCUT2D eigenvalue weighted by molar-refractivity contribution is -0.117. The minimum Gasteiger partial charge on any atom is -0.383 e. The molecule has 5 nitrogen and oxygen atoms in total. The van der Waals surface area contributed by atoms with E-state index in [9.17, 15) is 14.4 Å². The molecule has 6 heteroatoms. The van der Waals surface area contributed by atoms with Gasteiger partial charge < -0.3 is 5.73 Å². The largest absolute Gasteiger partial charge is 0.383 e. The van der Waals surface area contributed by atoms with Crippen LogP contribution >= 0.6 is 0 Å². The maximum absolute atomic E-state index is 14.8. The van der Waals surface area contributed by atoms with Gasteiger partial charge >= 0.3 is 0 Å². The van der Waals surface area contributed by atoms with Crippen molar-refractivity contribution in [1.82, 2.24) is 10.0 Å². The molecule has 0 fully saturated rings. The molecule has 30 heavy (non-hydrogen) atoms. The second-order valence-electron chi connectivity index (χ2n) is 7.82. The number of halogens is 1. The number of Topliss-reactive ketones (excluding diaryl/α,β-unsaturated/α-hetero) is 1. The molecule has 1 aliphatic carbocycles. The summed E-state index contributed by atoms with van der Waals surface area (Å²) in [6.45, 7) is 0. The van der Waals surface area contributed by atoms with Gasteiger partial charge in [-0.05, 0) is 24.0 Å². The van der Waals surface area contributed by atoms with Crippen molar-refractivity contribution in [3.8, 4) is 6.07 Å². The van der Waals surface area contributed by atoms with Crippen LogP contribution in [0.4, 0.5) is 4.39 Å². The first-order chi connectivity index (χ1) is 14.4. The molecule has 0 radical (unpaired) electrons. The molecule has 1 aliphatic heterocycles. The first-order valence-corrected chi connectivity index (χ1v) is 9.86. The molecule has 2 aliphatic rings. The summed E-state index contributed by atoms with van der Waals surface area (Å²) in [5.41, 5.74) is 9.19. The number of hydrazine groups is 1. The van der Waals surface area contributed by atoms with Crippen molar-refractivity contribution < 1.29 is 9.18 Å². The molecule has 2 unspecified atom stereocenters. The summed E-state index contributed by atoms with van der Waals surface area (Å²) in [4.78, 5) is 13.4. The van der Waals surface area contributed by atoms with Crippen molar-refractivity contribution in [3.05, 3.63) is 94.2 Å². The van der Waals surface area contributed by atoms with Crippen LogP contribution in [0.15, 0.2) is 77.3 Å². The number of allylic oxidation sites excluding steroid dienone is 3. The number of carbonyl (C=O) groups excluding carboxylic acids is 1. The van der Waals surface area contributed by atoms with Gasteiger partial charge in [0.2, 0.25) is 0 Å². The summed E-state index contributed by atoms with van der Waals surface area (Å²) in [5, 5.41) is 13.4. The average molecular weight is 402 g/mol. The number of rotatable bonds is 3. The van der Waals surface area contributed by atoms with Crippen molar-refractivity contribution in [3.63, 3.8) is 0 Å². The van der Waals surface area contributed by atoms with E-state index in [-0.39, 0.29) is 23.1 Å². The summed E-state index contributed by atoms with van der Waals surface area (Å²) in [7, 11) is 3.62. The number of nitrogens with two attached hydrogens (primary N) is 1.